The molecule has 0 spiro atoms. The second-order valence-electron chi connectivity index (χ2n) is 12.0. The molecule has 1 N–H and O–H groups in total. The monoisotopic (exact) mass is 605 g/mol. The summed E-state index contributed by atoms with van der Waals surface area (Å²) in [5.74, 6) is -0.0565. The zero-order chi connectivity index (χ0) is 31.4. The van der Waals surface area contributed by atoms with E-state index in [0.717, 1.165) is 48.3 Å². The van der Waals surface area contributed by atoms with Gasteiger partial charge in [-0.15, -0.1) is 0 Å². The Morgan fingerprint density at radius 1 is 0.435 bits per heavy atom. The topological polar surface area (TPSA) is 90.2 Å². The van der Waals surface area contributed by atoms with Crippen molar-refractivity contribution >= 4 is 33.1 Å². The molecule has 0 unspecified atom stereocenters. The fourth-order valence-corrected chi connectivity index (χ4v) is 7.29. The SMILES string of the molecule is O=C1c2ccccc2-c2c1c1ccccc1c(=O)n2CCCCNCCCn1c2c(c3ccccc3c1=O)C(=O)c1ccccc1-2. The molecule has 0 fully saturated rings. The van der Waals surface area contributed by atoms with Gasteiger partial charge in [0.05, 0.1) is 22.5 Å². The number of carbonyl (C=O) groups is 2. The van der Waals surface area contributed by atoms with Crippen LogP contribution in [-0.4, -0.2) is 33.8 Å². The van der Waals surface area contributed by atoms with E-state index < -0.39 is 0 Å². The highest BCUT2D eigenvalue weighted by Gasteiger charge is 2.33. The summed E-state index contributed by atoms with van der Waals surface area (Å²) in [6, 6.07) is 29.8. The van der Waals surface area contributed by atoms with Crippen molar-refractivity contribution in [1.29, 1.82) is 0 Å². The van der Waals surface area contributed by atoms with Crippen molar-refractivity contribution in [2.45, 2.75) is 32.4 Å². The summed E-state index contributed by atoms with van der Waals surface area (Å²) in [4.78, 5) is 54.0. The van der Waals surface area contributed by atoms with E-state index in [1.54, 1.807) is 21.3 Å². The molecule has 0 saturated carbocycles. The molecule has 0 bridgehead atoms. The molecule has 2 aliphatic carbocycles. The number of aromatic nitrogens is 2. The Kier molecular flexibility index (Phi) is 6.84. The minimum absolute atomic E-state index is 0.0266. The van der Waals surface area contributed by atoms with Gasteiger partial charge in [-0.05, 0) is 44.5 Å². The third-order valence-electron chi connectivity index (χ3n) is 9.39. The zero-order valence-corrected chi connectivity index (χ0v) is 25.2. The van der Waals surface area contributed by atoms with E-state index in [9.17, 15) is 19.2 Å². The predicted octanol–water partition coefficient (Wildman–Crippen LogP) is 6.20. The molecular formula is C39H31N3O4. The van der Waals surface area contributed by atoms with Crippen molar-refractivity contribution in [1.82, 2.24) is 14.5 Å². The minimum atomic E-state index is -0.0766. The Bertz CT molecular complexity index is 2200. The van der Waals surface area contributed by atoms with Crippen LogP contribution in [0.25, 0.3) is 44.1 Å². The number of pyridine rings is 2. The van der Waals surface area contributed by atoms with Gasteiger partial charge in [0.25, 0.3) is 11.1 Å². The smallest absolute Gasteiger partial charge is 0.258 e. The fraction of sp³-hybridized carbons (Fsp3) is 0.179. The number of carbonyl (C=O) groups excluding carboxylic acids is 2. The van der Waals surface area contributed by atoms with Gasteiger partial charge in [-0.25, -0.2) is 0 Å². The molecule has 7 heteroatoms. The summed E-state index contributed by atoms with van der Waals surface area (Å²) in [6.45, 7) is 2.47. The van der Waals surface area contributed by atoms with E-state index in [1.165, 1.54) is 0 Å². The summed E-state index contributed by atoms with van der Waals surface area (Å²) in [5.41, 5.74) is 5.47. The first-order chi connectivity index (χ1) is 22.6. The lowest BCUT2D eigenvalue weighted by Crippen LogP contribution is -2.26. The van der Waals surface area contributed by atoms with Crippen molar-refractivity contribution in [3.8, 4) is 22.5 Å². The average Bonchev–Trinajstić information content (AvgIpc) is 3.56. The average molecular weight is 606 g/mol. The Labute approximate surface area is 264 Å². The molecule has 0 saturated heterocycles. The summed E-state index contributed by atoms with van der Waals surface area (Å²) in [7, 11) is 0. The van der Waals surface area contributed by atoms with Crippen LogP contribution in [0.5, 0.6) is 0 Å². The normalized spacial score (nSPS) is 12.9. The maximum absolute atomic E-state index is 13.6. The number of nitrogens with zero attached hydrogens (tertiary/aromatic N) is 2. The van der Waals surface area contributed by atoms with Crippen molar-refractivity contribution in [2.75, 3.05) is 13.1 Å². The highest BCUT2D eigenvalue weighted by Crippen LogP contribution is 2.40. The number of fused-ring (bicyclic) bond motifs is 10. The molecule has 7 nitrogen and oxygen atoms in total. The van der Waals surface area contributed by atoms with Crippen molar-refractivity contribution < 1.29 is 9.59 Å². The van der Waals surface area contributed by atoms with E-state index in [1.807, 2.05) is 84.9 Å². The summed E-state index contributed by atoms with van der Waals surface area (Å²) < 4.78 is 3.56. The molecule has 46 heavy (non-hydrogen) atoms. The predicted molar refractivity (Wildman–Crippen MR) is 181 cm³/mol. The molecular weight excluding hydrogens is 574 g/mol. The van der Waals surface area contributed by atoms with Crippen LogP contribution in [0.15, 0.2) is 107 Å². The molecule has 2 aromatic heterocycles. The van der Waals surface area contributed by atoms with E-state index in [-0.39, 0.29) is 22.7 Å². The number of rotatable bonds is 9. The fourth-order valence-electron chi connectivity index (χ4n) is 7.29. The first kappa shape index (κ1) is 28.1. The third kappa shape index (κ3) is 4.23. The Morgan fingerprint density at radius 2 is 0.826 bits per heavy atom. The first-order valence-corrected chi connectivity index (χ1v) is 15.9. The molecule has 4 aromatic carbocycles. The highest BCUT2D eigenvalue weighted by atomic mass is 16.1. The van der Waals surface area contributed by atoms with Crippen molar-refractivity contribution in [3.63, 3.8) is 0 Å². The largest absolute Gasteiger partial charge is 0.317 e. The van der Waals surface area contributed by atoms with Gasteiger partial charge in [0.2, 0.25) is 0 Å². The van der Waals surface area contributed by atoms with E-state index in [2.05, 4.69) is 5.32 Å². The van der Waals surface area contributed by atoms with Gasteiger partial charge in [0.1, 0.15) is 0 Å². The van der Waals surface area contributed by atoms with Crippen LogP contribution in [0.1, 0.15) is 51.1 Å². The molecule has 0 amide bonds. The van der Waals surface area contributed by atoms with E-state index >= 15 is 0 Å². The Balaban J connectivity index is 0.956. The van der Waals surface area contributed by atoms with Gasteiger partial charge in [0.15, 0.2) is 11.6 Å². The molecule has 2 aliphatic rings. The molecule has 0 atom stereocenters. The van der Waals surface area contributed by atoms with E-state index in [4.69, 9.17) is 0 Å². The maximum Gasteiger partial charge on any atom is 0.258 e. The van der Waals surface area contributed by atoms with Crippen molar-refractivity contribution in [2.24, 2.45) is 0 Å². The highest BCUT2D eigenvalue weighted by molar-refractivity contribution is 6.27. The third-order valence-corrected chi connectivity index (χ3v) is 9.39. The lowest BCUT2D eigenvalue weighted by Gasteiger charge is -2.16. The number of unbranched alkanes of at least 4 members (excludes halogenated alkanes) is 1. The lowest BCUT2D eigenvalue weighted by molar-refractivity contribution is 0.103. The number of benzene rings is 4. The van der Waals surface area contributed by atoms with Crippen LogP contribution >= 0.6 is 0 Å². The lowest BCUT2D eigenvalue weighted by atomic mass is 10.0. The maximum atomic E-state index is 13.6. The number of hydrogen-bond acceptors (Lipinski definition) is 5. The molecule has 0 aliphatic heterocycles. The molecule has 226 valence electrons. The minimum Gasteiger partial charge on any atom is -0.317 e. The summed E-state index contributed by atoms with van der Waals surface area (Å²) in [5, 5.41) is 6.05. The molecule has 8 rings (SSSR count). The van der Waals surface area contributed by atoms with E-state index in [0.29, 0.717) is 63.4 Å². The summed E-state index contributed by atoms with van der Waals surface area (Å²) >= 11 is 0. The zero-order valence-electron chi connectivity index (χ0n) is 25.2. The quantitative estimate of drug-likeness (QED) is 0.198. The van der Waals surface area contributed by atoms with Crippen LogP contribution in [0, 0.1) is 0 Å². The first-order valence-electron chi connectivity index (χ1n) is 15.9. The number of nitrogens with one attached hydrogen (secondary N) is 1. The van der Waals surface area contributed by atoms with Gasteiger partial charge in [-0.3, -0.25) is 19.2 Å². The van der Waals surface area contributed by atoms with Gasteiger partial charge < -0.3 is 14.5 Å². The van der Waals surface area contributed by atoms with Gasteiger partial charge >= 0.3 is 0 Å². The van der Waals surface area contributed by atoms with Gasteiger partial charge in [-0.2, -0.15) is 0 Å². The molecule has 0 radical (unpaired) electrons. The van der Waals surface area contributed by atoms with Gasteiger partial charge in [-0.1, -0.05) is 84.9 Å². The van der Waals surface area contributed by atoms with Crippen LogP contribution in [0.2, 0.25) is 0 Å². The van der Waals surface area contributed by atoms with Crippen molar-refractivity contribution in [3.05, 3.63) is 140 Å². The Hall–Kier alpha value is -5.40. The second kappa shape index (κ2) is 11.2. The van der Waals surface area contributed by atoms with Crippen LogP contribution in [0.3, 0.4) is 0 Å². The van der Waals surface area contributed by atoms with Crippen LogP contribution in [-0.2, 0) is 13.1 Å². The van der Waals surface area contributed by atoms with Crippen LogP contribution in [0.4, 0.5) is 0 Å². The standard InChI is InChI=1S/C39H31N3O4/c43-36-28-16-5-3-14-26(28)34-32(36)24-12-1-7-18-30(24)38(45)41(34)22-10-9-20-40-21-11-23-42-35-27-15-4-6-17-29(27)37(44)33(35)25-13-2-8-19-31(25)39(42)46/h1-8,12-19,40H,9-11,20-23H2. The van der Waals surface area contributed by atoms with Crippen LogP contribution < -0.4 is 16.4 Å². The van der Waals surface area contributed by atoms with Gasteiger partial charge in [0, 0.05) is 56.9 Å². The molecule has 6 aromatic rings. The second-order valence-corrected chi connectivity index (χ2v) is 12.0. The molecule has 2 heterocycles. The number of ketones is 2. The number of hydrogen-bond donors (Lipinski definition) is 1. The Morgan fingerprint density at radius 3 is 1.33 bits per heavy atom. The summed E-state index contributed by atoms with van der Waals surface area (Å²) in [6.07, 6.45) is 2.33.